The molecule has 0 spiro atoms. The number of hydrogen-bond donors (Lipinski definition) is 1. The molecule has 5 heteroatoms. The summed E-state index contributed by atoms with van der Waals surface area (Å²) >= 11 is 0. The molecule has 1 aromatic heterocycles. The van der Waals surface area contributed by atoms with Crippen molar-refractivity contribution < 1.29 is 4.74 Å². The van der Waals surface area contributed by atoms with Gasteiger partial charge in [0.15, 0.2) is 5.82 Å². The van der Waals surface area contributed by atoms with E-state index in [4.69, 9.17) is 10.5 Å². The summed E-state index contributed by atoms with van der Waals surface area (Å²) < 4.78 is 7.05. The highest BCUT2D eigenvalue weighted by atomic mass is 16.5. The molecule has 17 heavy (non-hydrogen) atoms. The van der Waals surface area contributed by atoms with Crippen molar-refractivity contribution in [1.29, 1.82) is 0 Å². The third kappa shape index (κ3) is 2.29. The normalized spacial score (nSPS) is 10.5. The van der Waals surface area contributed by atoms with Gasteiger partial charge >= 0.3 is 0 Å². The first-order chi connectivity index (χ1) is 8.26. The molecule has 1 heterocycles. The zero-order valence-corrected chi connectivity index (χ0v) is 10.1. The molecule has 1 aromatic carbocycles. The highest BCUT2D eigenvalue weighted by molar-refractivity contribution is 5.63. The predicted octanol–water partition coefficient (Wildman–Crippen LogP) is 0.992. The van der Waals surface area contributed by atoms with Crippen molar-refractivity contribution in [2.45, 2.75) is 6.42 Å². The van der Waals surface area contributed by atoms with Crippen LogP contribution in [0, 0.1) is 0 Å². The van der Waals surface area contributed by atoms with Crippen molar-refractivity contribution in [3.05, 3.63) is 30.1 Å². The third-order valence-electron chi connectivity index (χ3n) is 2.57. The van der Waals surface area contributed by atoms with Crippen molar-refractivity contribution in [2.75, 3.05) is 13.7 Å². The Labute approximate surface area is 100 Å². The standard InChI is InChI=1S/C12H16N4O/c1-16-11(7-8-13)14-12(15-16)9-5-3-4-6-10(9)17-2/h3-6H,7-8,13H2,1-2H3. The van der Waals surface area contributed by atoms with E-state index in [0.29, 0.717) is 12.4 Å². The SMILES string of the molecule is COc1ccccc1-c1nc(CCN)n(C)n1. The summed E-state index contributed by atoms with van der Waals surface area (Å²) in [5.41, 5.74) is 6.42. The molecule has 2 rings (SSSR count). The van der Waals surface area contributed by atoms with Gasteiger partial charge in [0.1, 0.15) is 11.6 Å². The Kier molecular flexibility index (Phi) is 3.39. The molecule has 0 unspecified atom stereocenters. The molecule has 0 aliphatic rings. The minimum atomic E-state index is 0.567. The van der Waals surface area contributed by atoms with Gasteiger partial charge in [0, 0.05) is 13.5 Å². The van der Waals surface area contributed by atoms with Crippen molar-refractivity contribution in [2.24, 2.45) is 12.8 Å². The molecule has 0 radical (unpaired) electrons. The molecule has 5 nitrogen and oxygen atoms in total. The van der Waals surface area contributed by atoms with Crippen LogP contribution in [0.1, 0.15) is 5.82 Å². The minimum absolute atomic E-state index is 0.567. The molecular formula is C12H16N4O. The third-order valence-corrected chi connectivity index (χ3v) is 2.57. The van der Waals surface area contributed by atoms with Gasteiger partial charge in [-0.3, -0.25) is 4.68 Å². The Morgan fingerprint density at radius 1 is 1.35 bits per heavy atom. The summed E-state index contributed by atoms with van der Waals surface area (Å²) in [7, 11) is 3.51. The maximum atomic E-state index is 5.53. The summed E-state index contributed by atoms with van der Waals surface area (Å²) in [4.78, 5) is 4.47. The average molecular weight is 232 g/mol. The van der Waals surface area contributed by atoms with Crippen molar-refractivity contribution >= 4 is 0 Å². The first-order valence-corrected chi connectivity index (χ1v) is 5.49. The zero-order valence-electron chi connectivity index (χ0n) is 10.1. The topological polar surface area (TPSA) is 66.0 Å². The number of aryl methyl sites for hydroxylation is 1. The lowest BCUT2D eigenvalue weighted by Crippen LogP contribution is -2.08. The fraction of sp³-hybridized carbons (Fsp3) is 0.333. The predicted molar refractivity (Wildman–Crippen MR) is 65.7 cm³/mol. The second-order valence-corrected chi connectivity index (χ2v) is 3.71. The van der Waals surface area contributed by atoms with E-state index in [-0.39, 0.29) is 0 Å². The van der Waals surface area contributed by atoms with Crippen LogP contribution in [0.15, 0.2) is 24.3 Å². The smallest absolute Gasteiger partial charge is 0.185 e. The molecule has 0 atom stereocenters. The molecule has 0 bridgehead atoms. The summed E-state index contributed by atoms with van der Waals surface area (Å²) in [5.74, 6) is 2.33. The van der Waals surface area contributed by atoms with E-state index in [1.54, 1.807) is 11.8 Å². The van der Waals surface area contributed by atoms with Crippen LogP contribution in [-0.4, -0.2) is 28.4 Å². The molecule has 90 valence electrons. The quantitative estimate of drug-likeness (QED) is 0.853. The van der Waals surface area contributed by atoms with Crippen LogP contribution in [0.2, 0.25) is 0 Å². The van der Waals surface area contributed by atoms with Crippen LogP contribution in [-0.2, 0) is 13.5 Å². The van der Waals surface area contributed by atoms with Crippen molar-refractivity contribution in [3.63, 3.8) is 0 Å². The Bertz CT molecular complexity index is 507. The van der Waals surface area contributed by atoms with Gasteiger partial charge in [-0.1, -0.05) is 12.1 Å². The summed E-state index contributed by atoms with van der Waals surface area (Å²) in [5, 5.41) is 4.38. The van der Waals surface area contributed by atoms with E-state index in [0.717, 1.165) is 23.6 Å². The molecule has 2 N–H and O–H groups in total. The van der Waals surface area contributed by atoms with Crippen LogP contribution < -0.4 is 10.5 Å². The largest absolute Gasteiger partial charge is 0.496 e. The first kappa shape index (κ1) is 11.6. The number of nitrogens with two attached hydrogens (primary N) is 1. The van der Waals surface area contributed by atoms with Gasteiger partial charge in [0.05, 0.1) is 12.7 Å². The van der Waals surface area contributed by atoms with Gasteiger partial charge in [-0.2, -0.15) is 5.10 Å². The minimum Gasteiger partial charge on any atom is -0.496 e. The fourth-order valence-corrected chi connectivity index (χ4v) is 1.71. The lowest BCUT2D eigenvalue weighted by atomic mass is 10.2. The highest BCUT2D eigenvalue weighted by Crippen LogP contribution is 2.26. The Morgan fingerprint density at radius 2 is 2.12 bits per heavy atom. The van der Waals surface area contributed by atoms with E-state index in [1.165, 1.54) is 0 Å². The number of para-hydroxylation sites is 1. The van der Waals surface area contributed by atoms with E-state index in [2.05, 4.69) is 10.1 Å². The summed E-state index contributed by atoms with van der Waals surface area (Å²) in [6.07, 6.45) is 0.721. The van der Waals surface area contributed by atoms with Crippen LogP contribution in [0.3, 0.4) is 0 Å². The number of ether oxygens (including phenoxy) is 1. The molecule has 0 saturated carbocycles. The van der Waals surface area contributed by atoms with E-state index in [1.807, 2.05) is 31.3 Å². The molecule has 2 aromatic rings. The van der Waals surface area contributed by atoms with E-state index >= 15 is 0 Å². The fourth-order valence-electron chi connectivity index (χ4n) is 1.71. The van der Waals surface area contributed by atoms with Gasteiger partial charge < -0.3 is 10.5 Å². The number of benzene rings is 1. The maximum Gasteiger partial charge on any atom is 0.185 e. The highest BCUT2D eigenvalue weighted by Gasteiger charge is 2.12. The van der Waals surface area contributed by atoms with Gasteiger partial charge in [0.25, 0.3) is 0 Å². The monoisotopic (exact) mass is 232 g/mol. The van der Waals surface area contributed by atoms with E-state index < -0.39 is 0 Å². The summed E-state index contributed by atoms with van der Waals surface area (Å²) in [6, 6.07) is 7.71. The number of rotatable bonds is 4. The molecule has 0 fully saturated rings. The van der Waals surface area contributed by atoms with Gasteiger partial charge in [-0.15, -0.1) is 0 Å². The second-order valence-electron chi connectivity index (χ2n) is 3.71. The maximum absolute atomic E-state index is 5.53. The molecule has 0 saturated heterocycles. The van der Waals surface area contributed by atoms with E-state index in [9.17, 15) is 0 Å². The first-order valence-electron chi connectivity index (χ1n) is 5.49. The molecule has 0 amide bonds. The van der Waals surface area contributed by atoms with Crippen LogP contribution in [0.5, 0.6) is 5.75 Å². The van der Waals surface area contributed by atoms with Crippen molar-refractivity contribution in [1.82, 2.24) is 14.8 Å². The number of methoxy groups -OCH3 is 1. The number of hydrogen-bond acceptors (Lipinski definition) is 4. The summed E-state index contributed by atoms with van der Waals surface area (Å²) in [6.45, 7) is 0.567. The van der Waals surface area contributed by atoms with Crippen LogP contribution in [0.25, 0.3) is 11.4 Å². The van der Waals surface area contributed by atoms with Crippen LogP contribution in [0.4, 0.5) is 0 Å². The Morgan fingerprint density at radius 3 is 2.82 bits per heavy atom. The number of aromatic nitrogens is 3. The Balaban J connectivity index is 2.42. The van der Waals surface area contributed by atoms with Gasteiger partial charge in [-0.05, 0) is 18.7 Å². The zero-order chi connectivity index (χ0) is 12.3. The van der Waals surface area contributed by atoms with Crippen molar-refractivity contribution in [3.8, 4) is 17.1 Å². The average Bonchev–Trinajstić information content (AvgIpc) is 2.71. The molecule has 0 aliphatic heterocycles. The molecule has 0 aliphatic carbocycles. The lowest BCUT2D eigenvalue weighted by molar-refractivity contribution is 0.416. The van der Waals surface area contributed by atoms with Gasteiger partial charge in [-0.25, -0.2) is 4.98 Å². The Hall–Kier alpha value is -1.88. The van der Waals surface area contributed by atoms with Gasteiger partial charge in [0.2, 0.25) is 0 Å². The van der Waals surface area contributed by atoms with Crippen LogP contribution >= 0.6 is 0 Å². The number of nitrogens with zero attached hydrogens (tertiary/aromatic N) is 3. The lowest BCUT2D eigenvalue weighted by Gasteiger charge is -2.03. The second kappa shape index (κ2) is 4.97. The molecular weight excluding hydrogens is 216 g/mol.